The van der Waals surface area contributed by atoms with Gasteiger partial charge in [-0.05, 0) is 18.1 Å². The number of nitrogens with zero attached hydrogens (tertiary/aromatic N) is 2. The van der Waals surface area contributed by atoms with Gasteiger partial charge >= 0.3 is 0 Å². The van der Waals surface area contributed by atoms with E-state index in [-0.39, 0.29) is 18.4 Å². The number of rotatable bonds is 5. The van der Waals surface area contributed by atoms with E-state index in [1.165, 1.54) is 0 Å². The van der Waals surface area contributed by atoms with Gasteiger partial charge in [0.15, 0.2) is 0 Å². The summed E-state index contributed by atoms with van der Waals surface area (Å²) >= 11 is 0. The number of nitrogens with one attached hydrogen (secondary N) is 1. The van der Waals surface area contributed by atoms with Gasteiger partial charge in [0.1, 0.15) is 5.82 Å². The van der Waals surface area contributed by atoms with Crippen molar-refractivity contribution in [2.75, 3.05) is 32.1 Å². The Morgan fingerprint density at radius 3 is 2.88 bits per heavy atom. The zero-order chi connectivity index (χ0) is 12.8. The first-order valence-corrected chi connectivity index (χ1v) is 5.57. The minimum Gasteiger partial charge on any atom is -0.396 e. The number of hydrogen-bond donors (Lipinski definition) is 2. The van der Waals surface area contributed by atoms with E-state index in [2.05, 4.69) is 10.3 Å². The molecule has 0 aliphatic carbocycles. The van der Waals surface area contributed by atoms with Crippen molar-refractivity contribution in [3.63, 3.8) is 0 Å². The van der Waals surface area contributed by atoms with E-state index in [1.54, 1.807) is 23.2 Å². The highest BCUT2D eigenvalue weighted by Gasteiger charge is 2.13. The largest absolute Gasteiger partial charge is 0.396 e. The molecule has 0 radical (unpaired) electrons. The maximum atomic E-state index is 11.9. The molecule has 0 saturated heterocycles. The van der Waals surface area contributed by atoms with Gasteiger partial charge in [-0.3, -0.25) is 4.79 Å². The van der Waals surface area contributed by atoms with Gasteiger partial charge in [-0.25, -0.2) is 4.98 Å². The predicted octanol–water partition coefficient (Wildman–Crippen LogP) is 0.506. The molecular weight excluding hydrogens is 218 g/mol. The van der Waals surface area contributed by atoms with Crippen LogP contribution in [0.15, 0.2) is 18.3 Å². The maximum Gasteiger partial charge on any atom is 0.255 e. The summed E-state index contributed by atoms with van der Waals surface area (Å²) in [6.07, 6.45) is 1.66. The van der Waals surface area contributed by atoms with Gasteiger partial charge in [0.2, 0.25) is 0 Å². The van der Waals surface area contributed by atoms with E-state index < -0.39 is 0 Å². The highest BCUT2D eigenvalue weighted by atomic mass is 16.3. The normalized spacial score (nSPS) is 12.0. The first kappa shape index (κ1) is 13.4. The number of pyridine rings is 1. The van der Waals surface area contributed by atoms with Crippen LogP contribution in [-0.4, -0.2) is 43.2 Å². The molecule has 1 rings (SSSR count). The van der Waals surface area contributed by atoms with Crippen LogP contribution in [0.3, 0.4) is 0 Å². The fraction of sp³-hybridized carbons (Fsp3) is 0.500. The Labute approximate surface area is 101 Å². The Morgan fingerprint density at radius 2 is 2.29 bits per heavy atom. The molecule has 2 N–H and O–H groups in total. The average Bonchev–Trinajstić information content (AvgIpc) is 2.35. The van der Waals surface area contributed by atoms with Crippen LogP contribution >= 0.6 is 0 Å². The van der Waals surface area contributed by atoms with Gasteiger partial charge in [0.25, 0.3) is 5.91 Å². The second-order valence-electron chi connectivity index (χ2n) is 4.27. The summed E-state index contributed by atoms with van der Waals surface area (Å²) in [6, 6.07) is 3.47. The second kappa shape index (κ2) is 6.20. The third-order valence-electron chi connectivity index (χ3n) is 2.38. The lowest BCUT2D eigenvalue weighted by atomic mass is 10.2. The Morgan fingerprint density at radius 1 is 1.59 bits per heavy atom. The fourth-order valence-corrected chi connectivity index (χ4v) is 1.36. The van der Waals surface area contributed by atoms with Crippen molar-refractivity contribution in [3.8, 4) is 0 Å². The van der Waals surface area contributed by atoms with Crippen LogP contribution < -0.4 is 10.2 Å². The van der Waals surface area contributed by atoms with Gasteiger partial charge in [0, 0.05) is 33.4 Å². The Hall–Kier alpha value is -1.62. The van der Waals surface area contributed by atoms with E-state index >= 15 is 0 Å². The molecular formula is C12H19N3O2. The van der Waals surface area contributed by atoms with Gasteiger partial charge in [-0.2, -0.15) is 0 Å². The van der Waals surface area contributed by atoms with Crippen molar-refractivity contribution >= 4 is 11.7 Å². The quantitative estimate of drug-likeness (QED) is 0.783. The number of anilines is 1. The summed E-state index contributed by atoms with van der Waals surface area (Å²) in [6.45, 7) is 2.39. The van der Waals surface area contributed by atoms with E-state index in [4.69, 9.17) is 5.11 Å². The van der Waals surface area contributed by atoms with Gasteiger partial charge in [-0.15, -0.1) is 0 Å². The van der Waals surface area contributed by atoms with Crippen LogP contribution in [0.4, 0.5) is 5.82 Å². The van der Waals surface area contributed by atoms with Crippen LogP contribution in [0.1, 0.15) is 17.3 Å². The summed E-state index contributed by atoms with van der Waals surface area (Å²) in [7, 11) is 3.69. The van der Waals surface area contributed by atoms with Crippen molar-refractivity contribution in [1.29, 1.82) is 0 Å². The predicted molar refractivity (Wildman–Crippen MR) is 67.1 cm³/mol. The minimum absolute atomic E-state index is 0.0541. The molecule has 0 saturated carbocycles. The van der Waals surface area contributed by atoms with E-state index in [0.29, 0.717) is 17.9 Å². The average molecular weight is 237 g/mol. The Bertz CT molecular complexity index is 380. The van der Waals surface area contributed by atoms with Crippen molar-refractivity contribution in [1.82, 2.24) is 10.3 Å². The standard InChI is InChI=1S/C12H19N3O2/c1-9(8-16)7-14-12(17)10-5-4-6-13-11(10)15(2)3/h4-6,9,16H,7-8H2,1-3H3,(H,14,17). The van der Waals surface area contributed by atoms with Crippen LogP contribution in [0.25, 0.3) is 0 Å². The number of aliphatic hydroxyl groups excluding tert-OH is 1. The van der Waals surface area contributed by atoms with Crippen molar-refractivity contribution in [2.45, 2.75) is 6.92 Å². The molecule has 1 heterocycles. The van der Waals surface area contributed by atoms with Crippen LogP contribution in [-0.2, 0) is 0 Å². The summed E-state index contributed by atoms with van der Waals surface area (Å²) in [5.74, 6) is 0.530. The number of aromatic nitrogens is 1. The molecule has 0 aromatic carbocycles. The van der Waals surface area contributed by atoms with Crippen molar-refractivity contribution in [2.24, 2.45) is 5.92 Å². The Balaban J connectivity index is 2.75. The van der Waals surface area contributed by atoms with Gasteiger partial charge in [-0.1, -0.05) is 6.92 Å². The third kappa shape index (κ3) is 3.71. The number of carbonyl (C=O) groups is 1. The third-order valence-corrected chi connectivity index (χ3v) is 2.38. The van der Waals surface area contributed by atoms with Crippen LogP contribution in [0, 0.1) is 5.92 Å². The summed E-state index contributed by atoms with van der Waals surface area (Å²) < 4.78 is 0. The van der Waals surface area contributed by atoms with E-state index in [0.717, 1.165) is 0 Å². The molecule has 5 nitrogen and oxygen atoms in total. The first-order chi connectivity index (χ1) is 8.06. The van der Waals surface area contributed by atoms with Crippen molar-refractivity contribution in [3.05, 3.63) is 23.9 Å². The summed E-state index contributed by atoms with van der Waals surface area (Å²) in [4.78, 5) is 17.9. The zero-order valence-electron chi connectivity index (χ0n) is 10.5. The van der Waals surface area contributed by atoms with Crippen LogP contribution in [0.2, 0.25) is 0 Å². The monoisotopic (exact) mass is 237 g/mol. The molecule has 0 spiro atoms. The molecule has 1 amide bonds. The number of amides is 1. The van der Waals surface area contributed by atoms with Crippen molar-refractivity contribution < 1.29 is 9.90 Å². The highest BCUT2D eigenvalue weighted by Crippen LogP contribution is 2.13. The van der Waals surface area contributed by atoms with E-state index in [9.17, 15) is 4.79 Å². The molecule has 0 bridgehead atoms. The maximum absolute atomic E-state index is 11.9. The first-order valence-electron chi connectivity index (χ1n) is 5.57. The number of hydrogen-bond acceptors (Lipinski definition) is 4. The zero-order valence-corrected chi connectivity index (χ0v) is 10.5. The molecule has 0 fully saturated rings. The molecule has 1 unspecified atom stereocenters. The SMILES string of the molecule is CC(CO)CNC(=O)c1cccnc1N(C)C. The molecule has 0 aliphatic heterocycles. The molecule has 1 atom stereocenters. The lowest BCUT2D eigenvalue weighted by Gasteiger charge is -2.16. The molecule has 0 aliphatic rings. The number of carbonyl (C=O) groups excluding carboxylic acids is 1. The molecule has 1 aromatic rings. The van der Waals surface area contributed by atoms with E-state index in [1.807, 2.05) is 21.0 Å². The fourth-order valence-electron chi connectivity index (χ4n) is 1.36. The summed E-state index contributed by atoms with van der Waals surface area (Å²) in [5.41, 5.74) is 0.544. The lowest BCUT2D eigenvalue weighted by Crippen LogP contribution is -2.31. The van der Waals surface area contributed by atoms with Gasteiger partial charge in [0.05, 0.1) is 5.56 Å². The topological polar surface area (TPSA) is 65.5 Å². The Kier molecular flexibility index (Phi) is 4.90. The summed E-state index contributed by atoms with van der Waals surface area (Å²) in [5, 5.41) is 11.7. The molecule has 5 heteroatoms. The number of aliphatic hydroxyl groups is 1. The lowest BCUT2D eigenvalue weighted by molar-refractivity contribution is 0.0942. The molecule has 94 valence electrons. The molecule has 17 heavy (non-hydrogen) atoms. The highest BCUT2D eigenvalue weighted by molar-refractivity contribution is 5.98. The van der Waals surface area contributed by atoms with Gasteiger partial charge < -0.3 is 15.3 Å². The second-order valence-corrected chi connectivity index (χ2v) is 4.27. The smallest absolute Gasteiger partial charge is 0.255 e. The van der Waals surface area contributed by atoms with Crippen LogP contribution in [0.5, 0.6) is 0 Å². The molecule has 1 aromatic heterocycles. The minimum atomic E-state index is -0.165.